The molecule has 0 saturated heterocycles. The second kappa shape index (κ2) is 8.32. The number of H-pyrrole nitrogens is 1. The van der Waals surface area contributed by atoms with Crippen LogP contribution in [0.3, 0.4) is 0 Å². The summed E-state index contributed by atoms with van der Waals surface area (Å²) in [5, 5.41) is 16.2. The third-order valence-corrected chi connectivity index (χ3v) is 4.77. The van der Waals surface area contributed by atoms with Gasteiger partial charge in [0.1, 0.15) is 6.33 Å². The average molecular weight is 363 g/mol. The lowest BCUT2D eigenvalue weighted by molar-refractivity contribution is 0.0785. The summed E-state index contributed by atoms with van der Waals surface area (Å²) >= 11 is 1.56. The zero-order valence-corrected chi connectivity index (χ0v) is 15.0. The first kappa shape index (κ1) is 17.7. The maximum atomic E-state index is 12.6. The summed E-state index contributed by atoms with van der Waals surface area (Å²) < 4.78 is 0. The van der Waals surface area contributed by atoms with Gasteiger partial charge in [-0.2, -0.15) is 10.4 Å². The Bertz CT molecular complexity index is 899. The largest absolute Gasteiger partial charge is 0.337 e. The highest BCUT2D eigenvalue weighted by atomic mass is 32.2. The molecule has 1 N–H and O–H groups in total. The van der Waals surface area contributed by atoms with Crippen LogP contribution in [0.25, 0.3) is 0 Å². The number of benzene rings is 2. The van der Waals surface area contributed by atoms with Crippen LogP contribution in [0.1, 0.15) is 27.0 Å². The van der Waals surface area contributed by atoms with Crippen molar-refractivity contribution in [3.8, 4) is 6.07 Å². The number of nitriles is 1. The molecule has 1 heterocycles. The molecule has 0 spiro atoms. The summed E-state index contributed by atoms with van der Waals surface area (Å²) in [5.74, 6) is 0.717. The van der Waals surface area contributed by atoms with Crippen molar-refractivity contribution in [1.82, 2.24) is 20.1 Å². The number of thioether (sulfide) groups is 1. The molecular weight excluding hydrogens is 346 g/mol. The summed E-state index contributed by atoms with van der Waals surface area (Å²) in [7, 11) is 1.77. The van der Waals surface area contributed by atoms with Crippen molar-refractivity contribution in [2.45, 2.75) is 17.5 Å². The number of hydrogen-bond donors (Lipinski definition) is 1. The van der Waals surface area contributed by atoms with Gasteiger partial charge in [-0.15, -0.1) is 0 Å². The molecule has 0 atom stereocenters. The van der Waals surface area contributed by atoms with Crippen LogP contribution in [0.15, 0.2) is 60.0 Å². The summed E-state index contributed by atoms with van der Waals surface area (Å²) in [5.41, 5.74) is 3.36. The number of aromatic nitrogens is 3. The van der Waals surface area contributed by atoms with Crippen LogP contribution in [0.4, 0.5) is 0 Å². The van der Waals surface area contributed by atoms with Gasteiger partial charge < -0.3 is 4.90 Å². The predicted molar refractivity (Wildman–Crippen MR) is 99.3 cm³/mol. The van der Waals surface area contributed by atoms with E-state index in [0.29, 0.717) is 17.7 Å². The molecular formula is C19H17N5OS. The smallest absolute Gasteiger partial charge is 0.253 e. The topological polar surface area (TPSA) is 85.7 Å². The van der Waals surface area contributed by atoms with Gasteiger partial charge in [-0.3, -0.25) is 9.89 Å². The first-order valence-corrected chi connectivity index (χ1v) is 8.96. The third kappa shape index (κ3) is 4.49. The van der Waals surface area contributed by atoms with Gasteiger partial charge in [-0.1, -0.05) is 36.0 Å². The Labute approximate surface area is 155 Å². The molecule has 0 unspecified atom stereocenters. The standard InChI is InChI=1S/C19H17N5OS/c1-24(11-15-4-2-14(10-20)3-5-15)18(25)17-8-6-16(7-9-17)12-26-19-21-13-22-23-19/h2-9,13H,11-12H2,1H3,(H,21,22,23). The maximum absolute atomic E-state index is 12.6. The Balaban J connectivity index is 1.58. The first-order valence-electron chi connectivity index (χ1n) is 7.97. The third-order valence-electron chi connectivity index (χ3n) is 3.82. The Morgan fingerprint density at radius 2 is 1.85 bits per heavy atom. The normalized spacial score (nSPS) is 10.3. The lowest BCUT2D eigenvalue weighted by atomic mass is 10.1. The fourth-order valence-corrected chi connectivity index (χ4v) is 3.14. The summed E-state index contributed by atoms with van der Waals surface area (Å²) in [6.07, 6.45) is 1.48. The molecule has 0 saturated carbocycles. The van der Waals surface area contributed by atoms with Crippen molar-refractivity contribution >= 4 is 17.7 Å². The van der Waals surface area contributed by atoms with E-state index in [0.717, 1.165) is 22.0 Å². The van der Waals surface area contributed by atoms with E-state index in [1.165, 1.54) is 6.33 Å². The zero-order valence-electron chi connectivity index (χ0n) is 14.2. The molecule has 0 radical (unpaired) electrons. The van der Waals surface area contributed by atoms with E-state index in [1.54, 1.807) is 35.8 Å². The average Bonchev–Trinajstić information content (AvgIpc) is 3.20. The first-order chi connectivity index (χ1) is 12.7. The minimum Gasteiger partial charge on any atom is -0.337 e. The van der Waals surface area contributed by atoms with Crippen LogP contribution in [-0.4, -0.2) is 33.0 Å². The maximum Gasteiger partial charge on any atom is 0.253 e. The SMILES string of the molecule is CN(Cc1ccc(C#N)cc1)C(=O)c1ccc(CSc2ncn[nH]2)cc1. The molecule has 7 heteroatoms. The van der Waals surface area contributed by atoms with Crippen molar-refractivity contribution < 1.29 is 4.79 Å². The van der Waals surface area contributed by atoms with Gasteiger partial charge in [-0.25, -0.2) is 4.98 Å². The van der Waals surface area contributed by atoms with Crippen LogP contribution in [0, 0.1) is 11.3 Å². The molecule has 2 aromatic carbocycles. The van der Waals surface area contributed by atoms with Crippen LogP contribution in [0.2, 0.25) is 0 Å². The van der Waals surface area contributed by atoms with E-state index in [9.17, 15) is 4.79 Å². The van der Waals surface area contributed by atoms with Crippen LogP contribution in [-0.2, 0) is 12.3 Å². The molecule has 0 aliphatic rings. The van der Waals surface area contributed by atoms with E-state index < -0.39 is 0 Å². The molecule has 3 aromatic rings. The molecule has 0 fully saturated rings. The van der Waals surface area contributed by atoms with Crippen molar-refractivity contribution in [1.29, 1.82) is 5.26 Å². The minimum atomic E-state index is -0.0382. The van der Waals surface area contributed by atoms with E-state index in [1.807, 2.05) is 36.4 Å². The Kier molecular flexibility index (Phi) is 5.66. The number of nitrogens with one attached hydrogen (secondary N) is 1. The lowest BCUT2D eigenvalue weighted by Gasteiger charge is -2.17. The Hall–Kier alpha value is -3.11. The van der Waals surface area contributed by atoms with Crippen LogP contribution >= 0.6 is 11.8 Å². The highest BCUT2D eigenvalue weighted by Crippen LogP contribution is 2.19. The second-order valence-corrected chi connectivity index (χ2v) is 6.71. The molecule has 26 heavy (non-hydrogen) atoms. The molecule has 1 amide bonds. The molecule has 0 aliphatic heterocycles. The quantitative estimate of drug-likeness (QED) is 0.680. The number of rotatable bonds is 6. The summed E-state index contributed by atoms with van der Waals surface area (Å²) in [6.45, 7) is 0.494. The monoisotopic (exact) mass is 363 g/mol. The molecule has 1 aromatic heterocycles. The van der Waals surface area contributed by atoms with Gasteiger partial charge >= 0.3 is 0 Å². The van der Waals surface area contributed by atoms with Crippen LogP contribution < -0.4 is 0 Å². The fraction of sp³-hybridized carbons (Fsp3) is 0.158. The number of carbonyl (C=O) groups is 1. The minimum absolute atomic E-state index is 0.0382. The van der Waals surface area contributed by atoms with Gasteiger partial charge in [0.05, 0.1) is 11.6 Å². The van der Waals surface area contributed by atoms with E-state index in [-0.39, 0.29) is 5.91 Å². The Morgan fingerprint density at radius 1 is 1.15 bits per heavy atom. The van der Waals surface area contributed by atoms with Gasteiger partial charge in [-0.05, 0) is 35.4 Å². The number of nitrogens with zero attached hydrogens (tertiary/aromatic N) is 4. The highest BCUT2D eigenvalue weighted by Gasteiger charge is 2.12. The number of aromatic amines is 1. The lowest BCUT2D eigenvalue weighted by Crippen LogP contribution is -2.26. The molecule has 0 bridgehead atoms. The second-order valence-electron chi connectivity index (χ2n) is 5.75. The van der Waals surface area contributed by atoms with Crippen molar-refractivity contribution in [2.24, 2.45) is 0 Å². The number of amides is 1. The van der Waals surface area contributed by atoms with Crippen molar-refractivity contribution in [3.63, 3.8) is 0 Å². The van der Waals surface area contributed by atoms with Crippen LogP contribution in [0.5, 0.6) is 0 Å². The van der Waals surface area contributed by atoms with E-state index in [4.69, 9.17) is 5.26 Å². The van der Waals surface area contributed by atoms with Gasteiger partial charge in [0.2, 0.25) is 0 Å². The molecule has 0 aliphatic carbocycles. The van der Waals surface area contributed by atoms with E-state index >= 15 is 0 Å². The predicted octanol–water partition coefficient (Wildman–Crippen LogP) is 3.24. The number of hydrogen-bond acceptors (Lipinski definition) is 5. The summed E-state index contributed by atoms with van der Waals surface area (Å²) in [4.78, 5) is 18.3. The van der Waals surface area contributed by atoms with Gasteiger partial charge in [0.25, 0.3) is 5.91 Å². The van der Waals surface area contributed by atoms with E-state index in [2.05, 4.69) is 21.3 Å². The van der Waals surface area contributed by atoms with Crippen molar-refractivity contribution in [3.05, 3.63) is 77.1 Å². The fourth-order valence-electron chi connectivity index (χ4n) is 2.41. The highest BCUT2D eigenvalue weighted by molar-refractivity contribution is 7.98. The van der Waals surface area contributed by atoms with Gasteiger partial charge in [0, 0.05) is 24.9 Å². The molecule has 3 rings (SSSR count). The molecule has 6 nitrogen and oxygen atoms in total. The zero-order chi connectivity index (χ0) is 18.4. The molecule has 130 valence electrons. The Morgan fingerprint density at radius 3 is 2.46 bits per heavy atom. The van der Waals surface area contributed by atoms with Crippen molar-refractivity contribution in [2.75, 3.05) is 7.05 Å². The number of carbonyl (C=O) groups excluding carboxylic acids is 1. The van der Waals surface area contributed by atoms with Gasteiger partial charge in [0.15, 0.2) is 5.16 Å². The summed E-state index contributed by atoms with van der Waals surface area (Å²) in [6, 6.07) is 16.9.